The molecule has 1 aliphatic heterocycles. The Bertz CT molecular complexity index is 859. The second-order valence-corrected chi connectivity index (χ2v) is 8.38. The van der Waals surface area contributed by atoms with Crippen LogP contribution in [0.25, 0.3) is 6.08 Å². The Kier molecular flexibility index (Phi) is 4.69. The molecule has 0 amide bonds. The molecule has 5 nitrogen and oxygen atoms in total. The Labute approximate surface area is 165 Å². The second-order valence-electron chi connectivity index (χ2n) is 8.38. The zero-order chi connectivity index (χ0) is 19.9. The van der Waals surface area contributed by atoms with Crippen LogP contribution in [0.1, 0.15) is 38.2 Å². The topological polar surface area (TPSA) is 65.5 Å². The Balaban J connectivity index is 1.44. The van der Waals surface area contributed by atoms with Crippen molar-refractivity contribution in [1.29, 1.82) is 0 Å². The largest absolute Gasteiger partial charge is 0.458 e. The molecule has 1 aromatic heterocycles. The lowest BCUT2D eigenvalue weighted by Gasteiger charge is -2.51. The van der Waals surface area contributed by atoms with Gasteiger partial charge in [0.05, 0.1) is 0 Å². The number of esters is 2. The molecule has 5 heteroatoms. The molecule has 0 radical (unpaired) electrons. The van der Waals surface area contributed by atoms with Crippen LogP contribution in [0.15, 0.2) is 54.9 Å². The Morgan fingerprint density at radius 3 is 3.00 bits per heavy atom. The van der Waals surface area contributed by atoms with Crippen LogP contribution in [-0.4, -0.2) is 29.1 Å². The second kappa shape index (κ2) is 7.04. The summed E-state index contributed by atoms with van der Waals surface area (Å²) in [6, 6.07) is 3.69. The third-order valence-corrected chi connectivity index (χ3v) is 6.61. The molecule has 2 saturated carbocycles. The summed E-state index contributed by atoms with van der Waals surface area (Å²) in [5.41, 5.74) is 2.37. The maximum Gasteiger partial charge on any atom is 0.334 e. The molecular formula is C23H25NO4. The first-order chi connectivity index (χ1) is 13.4. The summed E-state index contributed by atoms with van der Waals surface area (Å²) in [5, 5.41) is 0. The Morgan fingerprint density at radius 1 is 1.43 bits per heavy atom. The van der Waals surface area contributed by atoms with E-state index in [2.05, 4.69) is 25.1 Å². The van der Waals surface area contributed by atoms with Crippen LogP contribution in [0.4, 0.5) is 0 Å². The van der Waals surface area contributed by atoms with E-state index in [0.29, 0.717) is 5.57 Å². The Hall–Kier alpha value is -2.69. The first-order valence-electron chi connectivity index (χ1n) is 9.74. The molecule has 5 atom stereocenters. The van der Waals surface area contributed by atoms with Crippen LogP contribution in [0.5, 0.6) is 0 Å². The van der Waals surface area contributed by atoms with Crippen molar-refractivity contribution >= 4 is 18.0 Å². The summed E-state index contributed by atoms with van der Waals surface area (Å²) in [6.07, 6.45) is 9.37. The lowest BCUT2D eigenvalue weighted by atomic mass is 9.55. The maximum absolute atomic E-state index is 12.3. The van der Waals surface area contributed by atoms with Crippen molar-refractivity contribution in [2.24, 2.45) is 17.3 Å². The number of rotatable bonds is 3. The van der Waals surface area contributed by atoms with E-state index in [4.69, 9.17) is 9.47 Å². The fourth-order valence-electron chi connectivity index (χ4n) is 4.99. The predicted molar refractivity (Wildman–Crippen MR) is 105 cm³/mol. The molecular weight excluding hydrogens is 354 g/mol. The number of carbonyl (C=O) groups is 2. The smallest absolute Gasteiger partial charge is 0.334 e. The molecule has 2 heterocycles. The third kappa shape index (κ3) is 3.30. The SMILES string of the molecule is C=C1C(=O)O[C@@H]2C[C@@]3(C)CC[C@@H](OC(=O)/C=C/c4cccnc4)C(=C)[C@@H]3C[C@H]12. The predicted octanol–water partition coefficient (Wildman–Crippen LogP) is 3.87. The highest BCUT2D eigenvalue weighted by Crippen LogP contribution is 2.57. The van der Waals surface area contributed by atoms with Crippen LogP contribution in [-0.2, 0) is 19.1 Å². The monoisotopic (exact) mass is 379 g/mol. The van der Waals surface area contributed by atoms with Crippen molar-refractivity contribution in [3.05, 3.63) is 60.5 Å². The molecule has 146 valence electrons. The fraction of sp³-hybridized carbons (Fsp3) is 0.435. The van der Waals surface area contributed by atoms with Gasteiger partial charge < -0.3 is 9.47 Å². The van der Waals surface area contributed by atoms with Gasteiger partial charge in [-0.1, -0.05) is 26.1 Å². The zero-order valence-electron chi connectivity index (χ0n) is 16.1. The Morgan fingerprint density at radius 2 is 2.25 bits per heavy atom. The van der Waals surface area contributed by atoms with E-state index in [-0.39, 0.29) is 41.4 Å². The molecule has 3 fully saturated rings. The van der Waals surface area contributed by atoms with E-state index in [9.17, 15) is 9.59 Å². The minimum Gasteiger partial charge on any atom is -0.458 e. The molecule has 2 aliphatic carbocycles. The van der Waals surface area contributed by atoms with Crippen LogP contribution < -0.4 is 0 Å². The number of pyridine rings is 1. The van der Waals surface area contributed by atoms with Gasteiger partial charge >= 0.3 is 11.9 Å². The van der Waals surface area contributed by atoms with Gasteiger partial charge in [-0.2, -0.15) is 0 Å². The lowest BCUT2D eigenvalue weighted by molar-refractivity contribution is -0.147. The van der Waals surface area contributed by atoms with Crippen LogP contribution in [0.2, 0.25) is 0 Å². The van der Waals surface area contributed by atoms with E-state index >= 15 is 0 Å². The highest BCUT2D eigenvalue weighted by molar-refractivity contribution is 5.91. The summed E-state index contributed by atoms with van der Waals surface area (Å²) in [6.45, 7) is 10.4. The summed E-state index contributed by atoms with van der Waals surface area (Å²) < 4.78 is 11.2. The zero-order valence-corrected chi connectivity index (χ0v) is 16.1. The van der Waals surface area contributed by atoms with Gasteiger partial charge in [-0.15, -0.1) is 0 Å². The molecule has 28 heavy (non-hydrogen) atoms. The molecule has 0 aromatic carbocycles. The number of ether oxygens (including phenoxy) is 2. The quantitative estimate of drug-likeness (QED) is 0.453. The van der Waals surface area contributed by atoms with E-state index < -0.39 is 0 Å². The standard InChI is InChI=1S/C23H25NO4/c1-14-17-11-18-15(2)19(8-9-23(18,3)12-20(17)28-22(14)26)27-21(25)7-6-16-5-4-10-24-13-16/h4-7,10,13,17-20H,1-2,8-9,11-12H2,3H3/b7-6+/t17-,18+,19-,20-,23-/m1/s1. The van der Waals surface area contributed by atoms with Crippen molar-refractivity contribution in [2.75, 3.05) is 0 Å². The molecule has 0 unspecified atom stereocenters. The molecule has 1 saturated heterocycles. The number of carbonyl (C=O) groups excluding carboxylic acids is 2. The number of aromatic nitrogens is 1. The van der Waals surface area contributed by atoms with Gasteiger partial charge in [0.15, 0.2) is 0 Å². The molecule has 3 aliphatic rings. The van der Waals surface area contributed by atoms with Gasteiger partial charge in [-0.3, -0.25) is 4.98 Å². The van der Waals surface area contributed by atoms with Crippen molar-refractivity contribution in [3.63, 3.8) is 0 Å². The van der Waals surface area contributed by atoms with Crippen molar-refractivity contribution < 1.29 is 19.1 Å². The normalized spacial score (nSPS) is 34.7. The molecule has 0 spiro atoms. The fourth-order valence-corrected chi connectivity index (χ4v) is 4.99. The number of fused-ring (bicyclic) bond motifs is 2. The van der Waals surface area contributed by atoms with Gasteiger partial charge in [0.1, 0.15) is 12.2 Å². The summed E-state index contributed by atoms with van der Waals surface area (Å²) in [4.78, 5) is 28.2. The van der Waals surface area contributed by atoms with E-state index in [1.807, 2.05) is 12.1 Å². The maximum atomic E-state index is 12.3. The first-order valence-corrected chi connectivity index (χ1v) is 9.74. The average Bonchev–Trinajstić information content (AvgIpc) is 2.95. The molecule has 4 rings (SSSR count). The third-order valence-electron chi connectivity index (χ3n) is 6.61. The van der Waals surface area contributed by atoms with Gasteiger partial charge in [-0.25, -0.2) is 9.59 Å². The van der Waals surface area contributed by atoms with E-state index in [1.54, 1.807) is 18.5 Å². The van der Waals surface area contributed by atoms with Crippen molar-refractivity contribution in [1.82, 2.24) is 4.98 Å². The van der Waals surface area contributed by atoms with Gasteiger partial charge in [-0.05, 0) is 60.3 Å². The summed E-state index contributed by atoms with van der Waals surface area (Å²) in [7, 11) is 0. The summed E-state index contributed by atoms with van der Waals surface area (Å²) in [5.74, 6) is -0.418. The van der Waals surface area contributed by atoms with Crippen LogP contribution in [0, 0.1) is 17.3 Å². The number of nitrogens with zero attached hydrogens (tertiary/aromatic N) is 1. The van der Waals surface area contributed by atoms with E-state index in [1.165, 1.54) is 6.08 Å². The molecule has 0 N–H and O–H groups in total. The first kappa shape index (κ1) is 18.7. The lowest BCUT2D eigenvalue weighted by Crippen LogP contribution is -2.47. The number of hydrogen-bond acceptors (Lipinski definition) is 5. The summed E-state index contributed by atoms with van der Waals surface area (Å²) >= 11 is 0. The van der Waals surface area contributed by atoms with Crippen LogP contribution in [0.3, 0.4) is 0 Å². The van der Waals surface area contributed by atoms with Crippen molar-refractivity contribution in [3.8, 4) is 0 Å². The average molecular weight is 379 g/mol. The minimum absolute atomic E-state index is 0.0115. The molecule has 1 aromatic rings. The molecule has 0 bridgehead atoms. The van der Waals surface area contributed by atoms with Crippen LogP contribution >= 0.6 is 0 Å². The highest BCUT2D eigenvalue weighted by atomic mass is 16.6. The van der Waals surface area contributed by atoms with Gasteiger partial charge in [0, 0.05) is 30.0 Å². The number of hydrogen-bond donors (Lipinski definition) is 0. The highest BCUT2D eigenvalue weighted by Gasteiger charge is 2.54. The minimum atomic E-state index is -0.379. The van der Waals surface area contributed by atoms with Crippen molar-refractivity contribution in [2.45, 2.75) is 44.8 Å². The van der Waals surface area contributed by atoms with Gasteiger partial charge in [0.2, 0.25) is 0 Å². The van der Waals surface area contributed by atoms with E-state index in [0.717, 1.165) is 36.8 Å². The van der Waals surface area contributed by atoms with Gasteiger partial charge in [0.25, 0.3) is 0 Å².